The minimum atomic E-state index is -4.54. The fourth-order valence-corrected chi connectivity index (χ4v) is 5.11. The predicted octanol–water partition coefficient (Wildman–Crippen LogP) is 6.35. The second kappa shape index (κ2) is 13.7. The van der Waals surface area contributed by atoms with Gasteiger partial charge in [0.1, 0.15) is 21.3 Å². The summed E-state index contributed by atoms with van der Waals surface area (Å²) in [5.41, 5.74) is 0. The highest BCUT2D eigenvalue weighted by Crippen LogP contribution is 2.33. The molecule has 0 saturated heterocycles. The highest BCUT2D eigenvalue weighted by Gasteiger charge is 2.23. The first kappa shape index (κ1) is 27.3. The third-order valence-electron chi connectivity index (χ3n) is 5.20. The van der Waals surface area contributed by atoms with Crippen molar-refractivity contribution >= 4 is 20.2 Å². The molecule has 0 heterocycles. The van der Waals surface area contributed by atoms with Crippen LogP contribution in [0.2, 0.25) is 0 Å². The molecule has 1 N–H and O–H groups in total. The van der Waals surface area contributed by atoms with E-state index in [-0.39, 0.29) is 23.0 Å². The standard InChI is InChI=1S/C24H34O7S2/c1-2-3-4-5-6-7-8-9-10-15-20-30-33(28,29)24-19-14-12-17-22(24)31-21-16-11-13-18-23(21)32(25,26)27/h11-14,16-19H,2-10,15,20H2,1H3,(H,25,26,27). The Hall–Kier alpha value is -1.94. The Bertz CT molecular complexity index is 1060. The summed E-state index contributed by atoms with van der Waals surface area (Å²) in [5, 5.41) is 0. The molecule has 33 heavy (non-hydrogen) atoms. The number of benzene rings is 2. The van der Waals surface area contributed by atoms with Crippen LogP contribution < -0.4 is 4.74 Å². The minimum Gasteiger partial charge on any atom is -0.454 e. The molecule has 0 unspecified atom stereocenters. The quantitative estimate of drug-likeness (QED) is 0.163. The zero-order valence-corrected chi connectivity index (χ0v) is 20.7. The molecule has 184 valence electrons. The van der Waals surface area contributed by atoms with E-state index in [4.69, 9.17) is 8.92 Å². The highest BCUT2D eigenvalue weighted by molar-refractivity contribution is 7.87. The van der Waals surface area contributed by atoms with E-state index in [2.05, 4.69) is 6.92 Å². The summed E-state index contributed by atoms with van der Waals surface area (Å²) in [5.74, 6) is -0.269. The van der Waals surface area contributed by atoms with Crippen LogP contribution >= 0.6 is 0 Å². The normalized spacial score (nSPS) is 12.1. The zero-order chi connectivity index (χ0) is 24.2. The fourth-order valence-electron chi connectivity index (χ4n) is 3.43. The Morgan fingerprint density at radius 1 is 0.667 bits per heavy atom. The molecule has 0 spiro atoms. The molecule has 0 aliphatic rings. The molecule has 0 amide bonds. The van der Waals surface area contributed by atoms with Crippen LogP contribution in [-0.4, -0.2) is 28.0 Å². The Morgan fingerprint density at radius 2 is 1.12 bits per heavy atom. The monoisotopic (exact) mass is 498 g/mol. The van der Waals surface area contributed by atoms with Gasteiger partial charge in [0.2, 0.25) is 0 Å². The highest BCUT2D eigenvalue weighted by atomic mass is 32.2. The topological polar surface area (TPSA) is 107 Å². The van der Waals surface area contributed by atoms with Crippen molar-refractivity contribution in [2.45, 2.75) is 80.9 Å². The van der Waals surface area contributed by atoms with Crippen LogP contribution in [0, 0.1) is 0 Å². The lowest BCUT2D eigenvalue weighted by Gasteiger charge is -2.13. The van der Waals surface area contributed by atoms with Crippen LogP contribution in [0.15, 0.2) is 58.3 Å². The molecule has 2 aromatic carbocycles. The smallest absolute Gasteiger partial charge is 0.300 e. The summed E-state index contributed by atoms with van der Waals surface area (Å²) in [4.78, 5) is -0.661. The molecular weight excluding hydrogens is 464 g/mol. The number of para-hydroxylation sites is 2. The maximum atomic E-state index is 12.7. The van der Waals surface area contributed by atoms with E-state index in [9.17, 15) is 21.4 Å². The Kier molecular flexibility index (Phi) is 11.3. The Labute approximate surface area is 198 Å². The van der Waals surface area contributed by atoms with Gasteiger partial charge >= 0.3 is 10.1 Å². The molecular formula is C24H34O7S2. The maximum Gasteiger partial charge on any atom is 0.300 e. The minimum absolute atomic E-state index is 0.0643. The first-order valence-corrected chi connectivity index (χ1v) is 14.3. The van der Waals surface area contributed by atoms with Crippen molar-refractivity contribution in [3.8, 4) is 11.5 Å². The maximum absolute atomic E-state index is 12.7. The molecule has 7 nitrogen and oxygen atoms in total. The number of hydrogen-bond acceptors (Lipinski definition) is 6. The van der Waals surface area contributed by atoms with Crippen molar-refractivity contribution in [2.24, 2.45) is 0 Å². The van der Waals surface area contributed by atoms with Crippen LogP contribution in [0.25, 0.3) is 0 Å². The van der Waals surface area contributed by atoms with Gasteiger partial charge in [-0.15, -0.1) is 0 Å². The van der Waals surface area contributed by atoms with Gasteiger partial charge < -0.3 is 4.74 Å². The summed E-state index contributed by atoms with van der Waals surface area (Å²) < 4.78 is 68.7. The van der Waals surface area contributed by atoms with E-state index in [1.165, 1.54) is 81.0 Å². The molecule has 0 aliphatic carbocycles. The lowest BCUT2D eigenvalue weighted by Crippen LogP contribution is -2.09. The van der Waals surface area contributed by atoms with Crippen LogP contribution in [0.3, 0.4) is 0 Å². The predicted molar refractivity (Wildman–Crippen MR) is 128 cm³/mol. The molecule has 0 aromatic heterocycles. The van der Waals surface area contributed by atoms with E-state index < -0.39 is 25.1 Å². The molecule has 9 heteroatoms. The lowest BCUT2D eigenvalue weighted by atomic mass is 10.1. The Morgan fingerprint density at radius 3 is 1.67 bits per heavy atom. The van der Waals surface area contributed by atoms with Crippen molar-refractivity contribution in [1.82, 2.24) is 0 Å². The van der Waals surface area contributed by atoms with Crippen molar-refractivity contribution in [1.29, 1.82) is 0 Å². The van der Waals surface area contributed by atoms with E-state index >= 15 is 0 Å². The fraction of sp³-hybridized carbons (Fsp3) is 0.500. The SMILES string of the molecule is CCCCCCCCCCCCOS(=O)(=O)c1ccccc1Oc1ccccc1S(=O)(=O)O. The van der Waals surface area contributed by atoms with Gasteiger partial charge in [-0.2, -0.15) is 16.8 Å². The number of ether oxygens (including phenoxy) is 1. The summed E-state index contributed by atoms with van der Waals surface area (Å²) in [6.07, 6.45) is 11.3. The molecule has 0 bridgehead atoms. The van der Waals surface area contributed by atoms with Crippen molar-refractivity contribution < 1.29 is 30.3 Å². The average Bonchev–Trinajstić information content (AvgIpc) is 2.77. The van der Waals surface area contributed by atoms with E-state index in [1.54, 1.807) is 6.07 Å². The second-order valence-electron chi connectivity index (χ2n) is 7.93. The molecule has 0 radical (unpaired) electrons. The second-order valence-corrected chi connectivity index (χ2v) is 10.9. The molecule has 2 rings (SSSR count). The average molecular weight is 499 g/mol. The molecule has 0 aliphatic heterocycles. The van der Waals surface area contributed by atoms with Gasteiger partial charge in [-0.3, -0.25) is 8.74 Å². The van der Waals surface area contributed by atoms with Gasteiger partial charge in [0.15, 0.2) is 0 Å². The van der Waals surface area contributed by atoms with E-state index in [0.717, 1.165) is 19.3 Å². The molecule has 2 aromatic rings. The Balaban J connectivity index is 1.89. The van der Waals surface area contributed by atoms with Crippen LogP contribution in [0.4, 0.5) is 0 Å². The number of rotatable bonds is 16. The van der Waals surface area contributed by atoms with Gasteiger partial charge in [-0.05, 0) is 30.7 Å². The van der Waals surface area contributed by atoms with Crippen molar-refractivity contribution in [3.63, 3.8) is 0 Å². The van der Waals surface area contributed by atoms with Gasteiger partial charge in [-0.25, -0.2) is 0 Å². The van der Waals surface area contributed by atoms with Crippen molar-refractivity contribution in [3.05, 3.63) is 48.5 Å². The summed E-state index contributed by atoms with van der Waals surface area (Å²) in [6.45, 7) is 2.27. The third-order valence-corrected chi connectivity index (χ3v) is 7.45. The third kappa shape index (κ3) is 9.44. The molecule has 0 atom stereocenters. The van der Waals surface area contributed by atoms with Crippen molar-refractivity contribution in [2.75, 3.05) is 6.61 Å². The summed E-state index contributed by atoms with van der Waals surface area (Å²) >= 11 is 0. The summed E-state index contributed by atoms with van der Waals surface area (Å²) in [7, 11) is -8.65. The van der Waals surface area contributed by atoms with Gasteiger partial charge in [0, 0.05) is 0 Å². The largest absolute Gasteiger partial charge is 0.454 e. The van der Waals surface area contributed by atoms with Crippen LogP contribution in [0.5, 0.6) is 11.5 Å². The van der Waals surface area contributed by atoms with Gasteiger partial charge in [0.05, 0.1) is 6.61 Å². The summed E-state index contributed by atoms with van der Waals surface area (Å²) in [6, 6.07) is 11.3. The number of unbranched alkanes of at least 4 members (excludes halogenated alkanes) is 9. The van der Waals surface area contributed by atoms with Crippen LogP contribution in [-0.2, 0) is 24.4 Å². The molecule has 0 saturated carbocycles. The van der Waals surface area contributed by atoms with Gasteiger partial charge in [0.25, 0.3) is 10.1 Å². The van der Waals surface area contributed by atoms with E-state index in [1.807, 2.05) is 0 Å². The lowest BCUT2D eigenvalue weighted by molar-refractivity contribution is 0.304. The van der Waals surface area contributed by atoms with E-state index in [0.29, 0.717) is 6.42 Å². The number of hydrogen-bond donors (Lipinski definition) is 1. The first-order chi connectivity index (χ1) is 15.8. The van der Waals surface area contributed by atoms with Gasteiger partial charge in [-0.1, -0.05) is 89.0 Å². The zero-order valence-electron chi connectivity index (χ0n) is 19.1. The van der Waals surface area contributed by atoms with Crippen LogP contribution in [0.1, 0.15) is 71.1 Å². The molecule has 0 fully saturated rings. The first-order valence-electron chi connectivity index (χ1n) is 11.5.